The maximum Gasteiger partial charge on any atom is 0.379 e. The van der Waals surface area contributed by atoms with Gasteiger partial charge in [0.05, 0.1) is 10.0 Å². The molecule has 22 heavy (non-hydrogen) atoms. The van der Waals surface area contributed by atoms with Crippen molar-refractivity contribution in [3.63, 3.8) is 0 Å². The van der Waals surface area contributed by atoms with E-state index < -0.39 is 11.9 Å². The van der Waals surface area contributed by atoms with Crippen LogP contribution in [0.1, 0.15) is 0 Å². The van der Waals surface area contributed by atoms with E-state index in [0.29, 0.717) is 0 Å². The van der Waals surface area contributed by atoms with Crippen LogP contribution in [0.25, 0.3) is 0 Å². The summed E-state index contributed by atoms with van der Waals surface area (Å²) in [5.74, 6) is -0.550. The van der Waals surface area contributed by atoms with Crippen LogP contribution in [0.15, 0.2) is 30.4 Å². The van der Waals surface area contributed by atoms with Gasteiger partial charge in [-0.1, -0.05) is 34.8 Å². The first-order valence-electron chi connectivity index (χ1n) is 5.51. The molecule has 0 radical (unpaired) electrons. The Labute approximate surface area is 139 Å². The monoisotopic (exact) mass is 364 g/mol. The van der Waals surface area contributed by atoms with Crippen LogP contribution in [0, 0.1) is 0 Å². The summed E-state index contributed by atoms with van der Waals surface area (Å²) in [5, 5.41) is 0.351. The van der Waals surface area contributed by atoms with E-state index in [9.17, 15) is 14.4 Å². The van der Waals surface area contributed by atoms with E-state index in [-0.39, 0.29) is 27.4 Å². The average molecular weight is 366 g/mol. The third-order valence-corrected chi connectivity index (χ3v) is 2.70. The first-order chi connectivity index (χ1) is 10.4. The van der Waals surface area contributed by atoms with E-state index in [2.05, 4.69) is 14.5 Å². The molecular formula is C13H7Cl3O6. The Kier molecular flexibility index (Phi) is 7.49. The second-order valence-corrected chi connectivity index (χ2v) is 4.72. The van der Waals surface area contributed by atoms with Crippen LogP contribution in [0.5, 0.6) is 5.75 Å². The number of rotatable bonds is 6. The normalized spacial score (nSPS) is 9.95. The number of esters is 1. The summed E-state index contributed by atoms with van der Waals surface area (Å²) in [4.78, 5) is 41.3. The molecule has 0 heterocycles. The lowest BCUT2D eigenvalue weighted by molar-refractivity contribution is -0.207. The van der Waals surface area contributed by atoms with Gasteiger partial charge in [0, 0.05) is 23.3 Å². The molecule has 0 amide bonds. The summed E-state index contributed by atoms with van der Waals surface area (Å²) in [6.45, 7) is -0.256. The minimum Gasteiger partial charge on any atom is -0.458 e. The second kappa shape index (κ2) is 9.12. The third kappa shape index (κ3) is 6.20. The van der Waals surface area contributed by atoms with Crippen molar-refractivity contribution in [2.45, 2.75) is 0 Å². The molecule has 0 saturated carbocycles. The fraction of sp³-hybridized carbons (Fsp3) is 0.0769. The number of ether oxygens (including phenoxy) is 1. The molecule has 0 saturated heterocycles. The van der Waals surface area contributed by atoms with Gasteiger partial charge in [-0.05, 0) is 12.1 Å². The molecular weight excluding hydrogens is 358 g/mol. The van der Waals surface area contributed by atoms with Gasteiger partial charge >= 0.3 is 11.9 Å². The van der Waals surface area contributed by atoms with Gasteiger partial charge in [0.1, 0.15) is 12.5 Å². The molecule has 1 aromatic rings. The van der Waals surface area contributed by atoms with Gasteiger partial charge in [-0.15, -0.1) is 0 Å². The van der Waals surface area contributed by atoms with E-state index in [1.165, 1.54) is 18.1 Å². The molecule has 0 aromatic heterocycles. The standard InChI is InChI=1S/C13H7Cl3O6/c14-8-6-9(15)13(10(16)7-8)22-21-12(19)3-2-11(18)20-5-1-4-17/h1-3,6-7H,5H2/b3-2+. The number of carbonyl (C=O) groups excluding carboxylic acids is 3. The highest BCUT2D eigenvalue weighted by molar-refractivity contribution is 6.40. The van der Waals surface area contributed by atoms with Crippen LogP contribution in [0.2, 0.25) is 15.1 Å². The highest BCUT2D eigenvalue weighted by Crippen LogP contribution is 2.35. The fourth-order valence-electron chi connectivity index (χ4n) is 1.06. The van der Waals surface area contributed by atoms with Crippen molar-refractivity contribution in [3.8, 4) is 5.75 Å². The summed E-state index contributed by atoms with van der Waals surface area (Å²) in [6, 6.07) is 2.68. The van der Waals surface area contributed by atoms with E-state index in [0.717, 1.165) is 18.2 Å². The van der Waals surface area contributed by atoms with Crippen LogP contribution in [0.3, 0.4) is 0 Å². The highest BCUT2D eigenvalue weighted by atomic mass is 35.5. The second-order valence-electron chi connectivity index (χ2n) is 3.47. The molecule has 0 aliphatic rings. The largest absolute Gasteiger partial charge is 0.458 e. The molecule has 1 aromatic carbocycles. The zero-order valence-electron chi connectivity index (χ0n) is 10.7. The molecule has 0 aliphatic carbocycles. The average Bonchev–Trinajstić information content (AvgIpc) is 2.44. The van der Waals surface area contributed by atoms with Crippen molar-refractivity contribution in [1.29, 1.82) is 0 Å². The quantitative estimate of drug-likeness (QED) is 0.253. The Morgan fingerprint density at radius 3 is 2.27 bits per heavy atom. The first kappa shape index (κ1) is 18.1. The van der Waals surface area contributed by atoms with Crippen LogP contribution >= 0.6 is 34.8 Å². The Balaban J connectivity index is 2.53. The molecule has 1 rings (SSSR count). The van der Waals surface area contributed by atoms with Crippen molar-refractivity contribution in [2.24, 2.45) is 0 Å². The lowest BCUT2D eigenvalue weighted by Gasteiger charge is -2.06. The van der Waals surface area contributed by atoms with E-state index in [4.69, 9.17) is 34.8 Å². The summed E-state index contributed by atoms with van der Waals surface area (Å²) < 4.78 is 4.50. The molecule has 9 heteroatoms. The van der Waals surface area contributed by atoms with E-state index in [1.807, 2.05) is 0 Å². The van der Waals surface area contributed by atoms with Crippen molar-refractivity contribution in [1.82, 2.24) is 0 Å². The fourth-order valence-corrected chi connectivity index (χ4v) is 1.94. The summed E-state index contributed by atoms with van der Waals surface area (Å²) >= 11 is 17.3. The molecule has 6 nitrogen and oxygen atoms in total. The van der Waals surface area contributed by atoms with Gasteiger partial charge in [-0.3, -0.25) is 4.89 Å². The number of hydrogen-bond acceptors (Lipinski definition) is 6. The molecule has 0 spiro atoms. The summed E-state index contributed by atoms with van der Waals surface area (Å²) in [6.07, 6.45) is 2.50. The van der Waals surface area contributed by atoms with E-state index >= 15 is 0 Å². The van der Waals surface area contributed by atoms with Gasteiger partial charge < -0.3 is 4.74 Å². The predicted octanol–water partition coefficient (Wildman–Crippen LogP) is 2.97. The zero-order valence-corrected chi connectivity index (χ0v) is 12.9. The molecule has 0 N–H and O–H groups in total. The lowest BCUT2D eigenvalue weighted by atomic mass is 10.3. The maximum absolute atomic E-state index is 11.3. The minimum absolute atomic E-state index is 0.0364. The van der Waals surface area contributed by atoms with Gasteiger partial charge in [-0.25, -0.2) is 19.3 Å². The van der Waals surface area contributed by atoms with Gasteiger partial charge in [0.2, 0.25) is 5.75 Å². The number of halogens is 3. The number of hydrogen-bond donors (Lipinski definition) is 0. The van der Waals surface area contributed by atoms with Gasteiger partial charge in [0.15, 0.2) is 0 Å². The molecule has 0 atom stereocenters. The van der Waals surface area contributed by atoms with Crippen LogP contribution < -0.4 is 4.89 Å². The number of benzene rings is 1. The van der Waals surface area contributed by atoms with Gasteiger partial charge in [-0.2, -0.15) is 0 Å². The van der Waals surface area contributed by atoms with Gasteiger partial charge in [0.25, 0.3) is 0 Å². The van der Waals surface area contributed by atoms with Crippen molar-refractivity contribution in [3.05, 3.63) is 45.4 Å². The topological polar surface area (TPSA) is 78.9 Å². The zero-order chi connectivity index (χ0) is 16.5. The lowest BCUT2D eigenvalue weighted by Crippen LogP contribution is -2.07. The highest BCUT2D eigenvalue weighted by Gasteiger charge is 2.12. The van der Waals surface area contributed by atoms with Crippen LogP contribution in [-0.2, 0) is 24.0 Å². The Bertz CT molecular complexity index is 626. The Morgan fingerprint density at radius 1 is 1.09 bits per heavy atom. The Hall–Kier alpha value is -1.98. The third-order valence-electron chi connectivity index (χ3n) is 1.92. The summed E-state index contributed by atoms with van der Waals surface area (Å²) in [7, 11) is 0. The molecule has 116 valence electrons. The van der Waals surface area contributed by atoms with Crippen molar-refractivity contribution < 1.29 is 28.9 Å². The smallest absolute Gasteiger partial charge is 0.379 e. The van der Waals surface area contributed by atoms with Crippen LogP contribution in [0.4, 0.5) is 0 Å². The Morgan fingerprint density at radius 2 is 1.68 bits per heavy atom. The SMILES string of the molecule is O=C=CCOC(=O)/C=C/C(=O)OOc1c(Cl)cc(Cl)cc1Cl. The number of carbonyl (C=O) groups is 2. The summed E-state index contributed by atoms with van der Waals surface area (Å²) in [5.41, 5.74) is 0. The molecule has 0 fully saturated rings. The molecule has 0 bridgehead atoms. The molecule has 0 unspecified atom stereocenters. The van der Waals surface area contributed by atoms with E-state index in [1.54, 1.807) is 0 Å². The first-order valence-corrected chi connectivity index (χ1v) is 6.64. The van der Waals surface area contributed by atoms with Crippen molar-refractivity contribution >= 4 is 52.7 Å². The maximum atomic E-state index is 11.3. The van der Waals surface area contributed by atoms with Crippen molar-refractivity contribution in [2.75, 3.05) is 6.61 Å². The minimum atomic E-state index is -1.01. The van der Waals surface area contributed by atoms with Crippen LogP contribution in [-0.4, -0.2) is 24.5 Å². The predicted molar refractivity (Wildman–Crippen MR) is 78.6 cm³/mol. The molecule has 0 aliphatic heterocycles.